The van der Waals surface area contributed by atoms with Gasteiger partial charge in [0.2, 0.25) is 11.8 Å². The maximum Gasteiger partial charge on any atom is 0.246 e. The Balaban J connectivity index is 1.45. The Morgan fingerprint density at radius 3 is 2.78 bits per heavy atom. The first kappa shape index (κ1) is 17.7. The molecule has 1 aliphatic carbocycles. The molecule has 0 aromatic carbocycles. The number of piperazine rings is 1. The van der Waals surface area contributed by atoms with Crippen LogP contribution in [0.25, 0.3) is 5.82 Å². The van der Waals surface area contributed by atoms with Crippen LogP contribution in [0.4, 0.5) is 0 Å². The zero-order chi connectivity index (χ0) is 18.8. The van der Waals surface area contributed by atoms with Gasteiger partial charge in [0.25, 0.3) is 0 Å². The molecule has 7 nitrogen and oxygen atoms in total. The van der Waals surface area contributed by atoms with Crippen molar-refractivity contribution in [3.05, 3.63) is 47.8 Å². The second kappa shape index (κ2) is 7.52. The number of carbonyl (C=O) groups excluding carboxylic acids is 1. The molecule has 0 bridgehead atoms. The van der Waals surface area contributed by atoms with Gasteiger partial charge in [-0.2, -0.15) is 9.78 Å². The summed E-state index contributed by atoms with van der Waals surface area (Å²) in [6.45, 7) is 5.12. The van der Waals surface area contributed by atoms with Crippen LogP contribution < -0.4 is 0 Å². The van der Waals surface area contributed by atoms with Crippen molar-refractivity contribution in [3.63, 3.8) is 0 Å². The van der Waals surface area contributed by atoms with Gasteiger partial charge in [-0.25, -0.2) is 4.98 Å². The molecule has 1 saturated heterocycles. The number of fused-ring (bicyclic) bond motifs is 1. The van der Waals surface area contributed by atoms with Crippen LogP contribution in [0.1, 0.15) is 24.6 Å². The van der Waals surface area contributed by atoms with E-state index in [1.165, 1.54) is 0 Å². The summed E-state index contributed by atoms with van der Waals surface area (Å²) >= 11 is 0. The van der Waals surface area contributed by atoms with Crippen LogP contribution in [0.3, 0.4) is 0 Å². The normalized spacial score (nSPS) is 20.8. The van der Waals surface area contributed by atoms with Crippen molar-refractivity contribution in [2.24, 2.45) is 0 Å². The summed E-state index contributed by atoms with van der Waals surface area (Å²) in [5, 5.41) is 15.3. The fourth-order valence-electron chi connectivity index (χ4n) is 4.04. The Labute approximate surface area is 158 Å². The van der Waals surface area contributed by atoms with E-state index >= 15 is 0 Å². The quantitative estimate of drug-likeness (QED) is 0.833. The summed E-state index contributed by atoms with van der Waals surface area (Å²) in [5.74, 6) is 0.935. The highest BCUT2D eigenvalue weighted by molar-refractivity contribution is 5.87. The number of carbonyl (C=O) groups is 1. The number of pyridine rings is 1. The molecule has 2 aromatic heterocycles. The van der Waals surface area contributed by atoms with Crippen LogP contribution in [0.5, 0.6) is 5.88 Å². The minimum absolute atomic E-state index is 0.0948. The molecule has 27 heavy (non-hydrogen) atoms. The van der Waals surface area contributed by atoms with Crippen molar-refractivity contribution < 1.29 is 9.90 Å². The molecule has 0 saturated carbocycles. The van der Waals surface area contributed by atoms with Crippen LogP contribution in [0.15, 0.2) is 36.5 Å². The summed E-state index contributed by atoms with van der Waals surface area (Å²) in [6, 6.07) is 5.96. The van der Waals surface area contributed by atoms with E-state index in [1.54, 1.807) is 23.0 Å². The molecule has 0 radical (unpaired) electrons. The minimum atomic E-state index is 0.0948. The Morgan fingerprint density at radius 1 is 1.26 bits per heavy atom. The van der Waals surface area contributed by atoms with Gasteiger partial charge in [-0.15, -0.1) is 0 Å². The van der Waals surface area contributed by atoms with Crippen molar-refractivity contribution in [1.29, 1.82) is 0 Å². The highest BCUT2D eigenvalue weighted by Crippen LogP contribution is 2.32. The Morgan fingerprint density at radius 2 is 2.07 bits per heavy atom. The molecule has 1 atom stereocenters. The molecule has 2 aromatic rings. The summed E-state index contributed by atoms with van der Waals surface area (Å²) in [5.41, 5.74) is 1.90. The Bertz CT molecular complexity index is 838. The molecule has 142 valence electrons. The lowest BCUT2D eigenvalue weighted by Gasteiger charge is -2.40. The number of rotatable bonds is 3. The SMILES string of the molecule is CC=CC(=O)N1CCN(C2CCc3nn(-c4ccccn4)c(O)c3C2)CC1. The largest absolute Gasteiger partial charge is 0.493 e. The van der Waals surface area contributed by atoms with Gasteiger partial charge >= 0.3 is 0 Å². The van der Waals surface area contributed by atoms with Crippen molar-refractivity contribution in [3.8, 4) is 11.7 Å². The van der Waals surface area contributed by atoms with Gasteiger partial charge in [0.15, 0.2) is 5.82 Å². The molecule has 3 heterocycles. The van der Waals surface area contributed by atoms with E-state index in [1.807, 2.05) is 30.0 Å². The van der Waals surface area contributed by atoms with E-state index in [-0.39, 0.29) is 11.8 Å². The average Bonchev–Trinajstić information content (AvgIpc) is 3.05. The molecule has 0 spiro atoms. The van der Waals surface area contributed by atoms with Crippen molar-refractivity contribution in [2.45, 2.75) is 32.2 Å². The van der Waals surface area contributed by atoms with Gasteiger partial charge in [-0.05, 0) is 44.4 Å². The van der Waals surface area contributed by atoms with Crippen LogP contribution in [0, 0.1) is 0 Å². The standard InChI is InChI=1S/C20H25N5O2/c1-2-5-19(26)24-12-10-23(11-13-24)15-7-8-17-16(14-15)20(27)25(22-17)18-6-3-4-9-21-18/h2-6,9,15,27H,7-8,10-14H2,1H3. The van der Waals surface area contributed by atoms with Gasteiger partial charge in [0.05, 0.1) is 5.69 Å². The summed E-state index contributed by atoms with van der Waals surface area (Å²) in [7, 11) is 0. The topological polar surface area (TPSA) is 74.5 Å². The van der Waals surface area contributed by atoms with Gasteiger partial charge in [0.1, 0.15) is 0 Å². The molecule has 4 rings (SSSR count). The number of nitrogens with zero attached hydrogens (tertiary/aromatic N) is 5. The second-order valence-corrected chi connectivity index (χ2v) is 7.11. The van der Waals surface area contributed by atoms with Gasteiger partial charge < -0.3 is 10.0 Å². The van der Waals surface area contributed by atoms with Gasteiger partial charge in [0, 0.05) is 44.0 Å². The molecule has 1 unspecified atom stereocenters. The number of allylic oxidation sites excluding steroid dienone is 1. The van der Waals surface area contributed by atoms with Crippen LogP contribution >= 0.6 is 0 Å². The van der Waals surface area contributed by atoms with Gasteiger partial charge in [-0.1, -0.05) is 12.1 Å². The number of aryl methyl sites for hydroxylation is 1. The maximum absolute atomic E-state index is 12.0. The number of aromatic nitrogens is 3. The minimum Gasteiger partial charge on any atom is -0.493 e. The molecular formula is C20H25N5O2. The first-order valence-electron chi connectivity index (χ1n) is 9.54. The Kier molecular flexibility index (Phi) is 4.94. The molecule has 1 N–H and O–H groups in total. The Hall–Kier alpha value is -2.67. The summed E-state index contributed by atoms with van der Waals surface area (Å²) in [6.07, 6.45) is 7.79. The van der Waals surface area contributed by atoms with Crippen LogP contribution in [-0.4, -0.2) is 67.8 Å². The summed E-state index contributed by atoms with van der Waals surface area (Å²) in [4.78, 5) is 20.6. The molecule has 2 aliphatic rings. The van der Waals surface area contributed by atoms with E-state index in [2.05, 4.69) is 15.0 Å². The number of hydrogen-bond donors (Lipinski definition) is 1. The zero-order valence-corrected chi connectivity index (χ0v) is 15.6. The third kappa shape index (κ3) is 3.47. The fraction of sp³-hybridized carbons (Fsp3) is 0.450. The third-order valence-electron chi connectivity index (χ3n) is 5.51. The van der Waals surface area contributed by atoms with Gasteiger partial charge in [-0.3, -0.25) is 9.69 Å². The van der Waals surface area contributed by atoms with E-state index in [4.69, 9.17) is 0 Å². The molecular weight excluding hydrogens is 342 g/mol. The van der Waals surface area contributed by atoms with E-state index < -0.39 is 0 Å². The molecule has 7 heteroatoms. The van der Waals surface area contributed by atoms with Crippen LogP contribution in [0.2, 0.25) is 0 Å². The third-order valence-corrected chi connectivity index (χ3v) is 5.51. The lowest BCUT2D eigenvalue weighted by molar-refractivity contribution is -0.128. The first-order chi connectivity index (χ1) is 13.2. The maximum atomic E-state index is 12.0. The highest BCUT2D eigenvalue weighted by Gasteiger charge is 2.32. The number of hydrogen-bond acceptors (Lipinski definition) is 5. The van der Waals surface area contributed by atoms with E-state index in [0.717, 1.165) is 56.7 Å². The smallest absolute Gasteiger partial charge is 0.246 e. The van der Waals surface area contributed by atoms with Crippen molar-refractivity contribution in [2.75, 3.05) is 26.2 Å². The highest BCUT2D eigenvalue weighted by atomic mass is 16.3. The average molecular weight is 367 g/mol. The zero-order valence-electron chi connectivity index (χ0n) is 15.6. The van der Waals surface area contributed by atoms with Crippen molar-refractivity contribution in [1.82, 2.24) is 24.6 Å². The van der Waals surface area contributed by atoms with Crippen molar-refractivity contribution >= 4 is 5.91 Å². The predicted octanol–water partition coefficient (Wildman–Crippen LogP) is 1.55. The molecule has 1 fully saturated rings. The van der Waals surface area contributed by atoms with E-state index in [9.17, 15) is 9.90 Å². The monoisotopic (exact) mass is 367 g/mol. The predicted molar refractivity (Wildman–Crippen MR) is 102 cm³/mol. The van der Waals surface area contributed by atoms with E-state index in [0.29, 0.717) is 11.9 Å². The number of amides is 1. The number of aromatic hydroxyl groups is 1. The summed E-state index contributed by atoms with van der Waals surface area (Å²) < 4.78 is 1.54. The first-order valence-corrected chi connectivity index (χ1v) is 9.54. The lowest BCUT2D eigenvalue weighted by atomic mass is 9.91. The fourth-order valence-corrected chi connectivity index (χ4v) is 4.04. The second-order valence-electron chi connectivity index (χ2n) is 7.11. The molecule has 1 amide bonds. The lowest BCUT2D eigenvalue weighted by Crippen LogP contribution is -2.52. The van der Waals surface area contributed by atoms with Crippen LogP contribution in [-0.2, 0) is 17.6 Å². The molecule has 1 aliphatic heterocycles.